The Kier molecular flexibility index (Phi) is 3.60. The molecule has 0 aromatic heterocycles. The van der Waals surface area contributed by atoms with Crippen LogP contribution in [-0.4, -0.2) is 17.0 Å². The highest BCUT2D eigenvalue weighted by molar-refractivity contribution is 5.82. The minimum absolute atomic E-state index is 0.0647. The third-order valence-electron chi connectivity index (χ3n) is 2.71. The summed E-state index contributed by atoms with van der Waals surface area (Å²) >= 11 is 0. The van der Waals surface area contributed by atoms with Crippen LogP contribution >= 0.6 is 0 Å². The molecule has 2 aromatic carbocycles. The van der Waals surface area contributed by atoms with Gasteiger partial charge >= 0.3 is 0 Å². The first-order chi connectivity index (χ1) is 9.54. The van der Waals surface area contributed by atoms with Crippen molar-refractivity contribution in [3.63, 3.8) is 0 Å². The quantitative estimate of drug-likeness (QED) is 0.630. The van der Waals surface area contributed by atoms with Gasteiger partial charge in [-0.2, -0.15) is 0 Å². The summed E-state index contributed by atoms with van der Waals surface area (Å²) in [5.41, 5.74) is -0.462. The molecule has 2 rings (SSSR count). The van der Waals surface area contributed by atoms with Crippen LogP contribution in [0.25, 0.3) is 11.1 Å². The highest BCUT2D eigenvalue weighted by Gasteiger charge is 2.26. The van der Waals surface area contributed by atoms with Crippen LogP contribution in [0.3, 0.4) is 0 Å². The summed E-state index contributed by atoms with van der Waals surface area (Å²) in [5, 5.41) is 22.1. The van der Waals surface area contributed by atoms with E-state index in [0.29, 0.717) is 11.3 Å². The van der Waals surface area contributed by atoms with Crippen LogP contribution in [0.2, 0.25) is 0 Å². The maximum atomic E-state index is 11.0. The van der Waals surface area contributed by atoms with Crippen LogP contribution in [0.5, 0.6) is 5.75 Å². The van der Waals surface area contributed by atoms with Gasteiger partial charge in [-0.1, -0.05) is 12.1 Å². The van der Waals surface area contributed by atoms with Crippen LogP contribution < -0.4 is 4.74 Å². The molecule has 2 aromatic rings. The topological polar surface area (TPSA) is 95.5 Å². The molecule has 101 valence electrons. The second kappa shape index (κ2) is 5.35. The van der Waals surface area contributed by atoms with Crippen molar-refractivity contribution in [2.75, 3.05) is 7.11 Å². The fourth-order valence-electron chi connectivity index (χ4n) is 1.81. The molecule has 0 unspecified atom stereocenters. The molecule has 0 saturated heterocycles. The molecule has 20 heavy (non-hydrogen) atoms. The van der Waals surface area contributed by atoms with Crippen molar-refractivity contribution in [3.8, 4) is 16.9 Å². The number of nitro groups is 2. The minimum atomic E-state index is -0.688. The largest absolute Gasteiger partial charge is 0.497 e. The number of methoxy groups -OCH3 is 1. The van der Waals surface area contributed by atoms with Crippen molar-refractivity contribution >= 4 is 11.4 Å². The van der Waals surface area contributed by atoms with E-state index in [9.17, 15) is 20.2 Å². The Morgan fingerprint density at radius 1 is 1.05 bits per heavy atom. The number of nitro benzene ring substituents is 2. The Morgan fingerprint density at radius 2 is 1.70 bits per heavy atom. The number of rotatable bonds is 4. The normalized spacial score (nSPS) is 10.1. The highest BCUT2D eigenvalue weighted by Crippen LogP contribution is 2.37. The number of hydrogen-bond donors (Lipinski definition) is 0. The highest BCUT2D eigenvalue weighted by atomic mass is 16.6. The van der Waals surface area contributed by atoms with Gasteiger partial charge in [0.2, 0.25) is 0 Å². The number of ether oxygens (including phenoxy) is 1. The maximum Gasteiger partial charge on any atom is 0.292 e. The van der Waals surface area contributed by atoms with Gasteiger partial charge in [-0.25, -0.2) is 0 Å². The van der Waals surface area contributed by atoms with E-state index >= 15 is 0 Å². The van der Waals surface area contributed by atoms with Crippen molar-refractivity contribution in [1.82, 2.24) is 0 Å². The molecule has 0 aliphatic heterocycles. The molecular weight excluding hydrogens is 264 g/mol. The van der Waals surface area contributed by atoms with E-state index in [0.717, 1.165) is 0 Å². The average Bonchev–Trinajstić information content (AvgIpc) is 2.46. The summed E-state index contributed by atoms with van der Waals surface area (Å²) in [7, 11) is 1.48. The summed E-state index contributed by atoms with van der Waals surface area (Å²) in [5.74, 6) is 0.555. The summed E-state index contributed by atoms with van der Waals surface area (Å²) in [6, 6.07) is 11.0. The van der Waals surface area contributed by atoms with Crippen LogP contribution in [0.4, 0.5) is 11.4 Å². The third kappa shape index (κ3) is 2.41. The summed E-state index contributed by atoms with van der Waals surface area (Å²) in [6.07, 6.45) is 0. The Balaban J connectivity index is 2.68. The third-order valence-corrected chi connectivity index (χ3v) is 2.71. The smallest absolute Gasteiger partial charge is 0.292 e. The Morgan fingerprint density at radius 3 is 2.20 bits per heavy atom. The lowest BCUT2D eigenvalue weighted by molar-refractivity contribution is -0.392. The van der Waals surface area contributed by atoms with E-state index < -0.39 is 15.5 Å². The van der Waals surface area contributed by atoms with E-state index in [1.807, 2.05) is 0 Å². The molecule has 0 bridgehead atoms. The van der Waals surface area contributed by atoms with Crippen molar-refractivity contribution in [2.45, 2.75) is 0 Å². The second-order valence-electron chi connectivity index (χ2n) is 3.83. The van der Waals surface area contributed by atoms with Crippen LogP contribution in [0.15, 0.2) is 36.4 Å². The predicted octanol–water partition coefficient (Wildman–Crippen LogP) is 2.98. The Hall–Kier alpha value is -2.96. The molecule has 0 spiro atoms. The molecule has 0 fully saturated rings. The Labute approximate surface area is 113 Å². The summed E-state index contributed by atoms with van der Waals surface area (Å²) in [4.78, 5) is 20.7. The van der Waals surface area contributed by atoms with Crippen molar-refractivity contribution in [2.24, 2.45) is 0 Å². The van der Waals surface area contributed by atoms with Crippen molar-refractivity contribution in [1.29, 1.82) is 0 Å². The van der Waals surface area contributed by atoms with Gasteiger partial charge in [0.25, 0.3) is 11.4 Å². The van der Waals surface area contributed by atoms with Gasteiger partial charge in [0.1, 0.15) is 11.3 Å². The SMILES string of the molecule is COc1ccc(-c2c([N+](=O)[O-])[c]ccc2[N+](=O)[O-])cc1. The molecule has 0 amide bonds. The molecule has 0 atom stereocenters. The zero-order valence-corrected chi connectivity index (χ0v) is 10.4. The van der Waals surface area contributed by atoms with E-state index in [1.165, 1.54) is 31.4 Å². The zero-order chi connectivity index (χ0) is 14.7. The van der Waals surface area contributed by atoms with E-state index in [2.05, 4.69) is 6.07 Å². The first kappa shape index (κ1) is 13.5. The van der Waals surface area contributed by atoms with Gasteiger partial charge in [0.15, 0.2) is 0 Å². The average molecular weight is 273 g/mol. The molecule has 1 radical (unpaired) electrons. The van der Waals surface area contributed by atoms with Gasteiger partial charge in [0.05, 0.1) is 23.0 Å². The van der Waals surface area contributed by atoms with Gasteiger partial charge in [-0.05, 0) is 23.8 Å². The minimum Gasteiger partial charge on any atom is -0.497 e. The van der Waals surface area contributed by atoms with Crippen molar-refractivity contribution < 1.29 is 14.6 Å². The summed E-state index contributed by atoms with van der Waals surface area (Å²) in [6.45, 7) is 0. The fraction of sp³-hybridized carbons (Fsp3) is 0.0769. The monoisotopic (exact) mass is 273 g/mol. The lowest BCUT2D eigenvalue weighted by atomic mass is 10.0. The molecule has 0 N–H and O–H groups in total. The van der Waals surface area contributed by atoms with E-state index in [4.69, 9.17) is 4.74 Å². The van der Waals surface area contributed by atoms with E-state index in [1.54, 1.807) is 12.1 Å². The molecular formula is C13H9N2O5. The van der Waals surface area contributed by atoms with Crippen LogP contribution in [0.1, 0.15) is 0 Å². The van der Waals surface area contributed by atoms with Gasteiger partial charge in [-0.15, -0.1) is 0 Å². The van der Waals surface area contributed by atoms with Crippen LogP contribution in [-0.2, 0) is 0 Å². The standard InChI is InChI=1S/C13H9N2O5/c1-20-10-7-5-9(6-8-10)13-11(14(16)17)3-2-4-12(13)15(18)19/h2-3,5-8H,1H3. The van der Waals surface area contributed by atoms with Crippen molar-refractivity contribution in [3.05, 3.63) is 62.7 Å². The fourth-order valence-corrected chi connectivity index (χ4v) is 1.81. The van der Waals surface area contributed by atoms with Gasteiger partial charge in [-0.3, -0.25) is 20.2 Å². The first-order valence-electron chi connectivity index (χ1n) is 5.52. The maximum absolute atomic E-state index is 11.0. The second-order valence-corrected chi connectivity index (χ2v) is 3.83. The van der Waals surface area contributed by atoms with E-state index in [-0.39, 0.29) is 11.3 Å². The van der Waals surface area contributed by atoms with Gasteiger partial charge < -0.3 is 4.74 Å². The molecule has 0 saturated carbocycles. The van der Waals surface area contributed by atoms with Gasteiger partial charge in [0, 0.05) is 6.07 Å². The zero-order valence-electron chi connectivity index (χ0n) is 10.4. The first-order valence-corrected chi connectivity index (χ1v) is 5.52. The summed E-state index contributed by atoms with van der Waals surface area (Å²) < 4.78 is 4.98. The lowest BCUT2D eigenvalue weighted by Gasteiger charge is -2.05. The molecule has 0 aliphatic carbocycles. The molecule has 0 aliphatic rings. The van der Waals surface area contributed by atoms with Crippen LogP contribution in [0, 0.1) is 26.3 Å². The number of benzene rings is 2. The molecule has 7 heteroatoms. The molecule has 0 heterocycles. The number of hydrogen-bond acceptors (Lipinski definition) is 5. The molecule has 7 nitrogen and oxygen atoms in total. The lowest BCUT2D eigenvalue weighted by Crippen LogP contribution is -1.98. The Bertz CT molecular complexity index is 635. The predicted molar refractivity (Wildman–Crippen MR) is 70.6 cm³/mol. The number of nitrogens with zero attached hydrogens (tertiary/aromatic N) is 2.